The number of phenols is 1. The zero-order chi connectivity index (χ0) is 16.9. The largest absolute Gasteiger partial charge is 0.507 e. The van der Waals surface area contributed by atoms with E-state index in [-0.39, 0.29) is 11.5 Å². The van der Waals surface area contributed by atoms with E-state index in [9.17, 15) is 9.90 Å². The van der Waals surface area contributed by atoms with Gasteiger partial charge < -0.3 is 9.84 Å². The lowest BCUT2D eigenvalue weighted by Gasteiger charge is -2.08. The molecule has 3 aromatic carbocycles. The van der Waals surface area contributed by atoms with Gasteiger partial charge in [0, 0.05) is 15.4 Å². The van der Waals surface area contributed by atoms with E-state index < -0.39 is 0 Å². The van der Waals surface area contributed by atoms with Crippen molar-refractivity contribution in [3.05, 3.63) is 83.9 Å². The Labute approximate surface area is 144 Å². The molecule has 0 amide bonds. The summed E-state index contributed by atoms with van der Waals surface area (Å²) in [6, 6.07) is 21.8. The molecule has 0 saturated carbocycles. The van der Waals surface area contributed by atoms with Gasteiger partial charge in [-0.1, -0.05) is 30.0 Å². The number of rotatable bonds is 5. The van der Waals surface area contributed by atoms with Gasteiger partial charge in [-0.25, -0.2) is 0 Å². The average molecular weight is 336 g/mol. The van der Waals surface area contributed by atoms with E-state index in [0.29, 0.717) is 16.9 Å². The number of ketones is 1. The van der Waals surface area contributed by atoms with E-state index in [1.807, 2.05) is 30.3 Å². The number of hydrogen-bond donors (Lipinski definition) is 1. The van der Waals surface area contributed by atoms with E-state index in [2.05, 4.69) is 0 Å². The minimum Gasteiger partial charge on any atom is -0.507 e. The molecule has 4 heteroatoms. The molecule has 24 heavy (non-hydrogen) atoms. The molecular formula is C20H16O3S. The van der Waals surface area contributed by atoms with Crippen LogP contribution in [-0.2, 0) is 0 Å². The van der Waals surface area contributed by atoms with Gasteiger partial charge in [-0.05, 0) is 54.6 Å². The number of carbonyl (C=O) groups excluding carboxylic acids is 1. The summed E-state index contributed by atoms with van der Waals surface area (Å²) in [5.74, 6) is 0.447. The lowest BCUT2D eigenvalue weighted by Crippen LogP contribution is -2.02. The molecule has 0 saturated heterocycles. The Balaban J connectivity index is 1.89. The first-order valence-corrected chi connectivity index (χ1v) is 8.23. The van der Waals surface area contributed by atoms with E-state index in [1.165, 1.54) is 0 Å². The van der Waals surface area contributed by atoms with Crippen molar-refractivity contribution in [3.63, 3.8) is 0 Å². The Bertz CT molecular complexity index is 843. The summed E-state index contributed by atoms with van der Waals surface area (Å²) in [5, 5.41) is 10.1. The van der Waals surface area contributed by atoms with Crippen LogP contribution in [0, 0.1) is 0 Å². The fraction of sp³-hybridized carbons (Fsp3) is 0.0500. The third kappa shape index (κ3) is 3.60. The van der Waals surface area contributed by atoms with Gasteiger partial charge >= 0.3 is 0 Å². The first kappa shape index (κ1) is 16.1. The normalized spacial score (nSPS) is 10.4. The summed E-state index contributed by atoms with van der Waals surface area (Å²) in [6.07, 6.45) is 0. The number of carbonyl (C=O) groups is 1. The van der Waals surface area contributed by atoms with Crippen LogP contribution in [0.4, 0.5) is 0 Å². The topological polar surface area (TPSA) is 46.5 Å². The molecule has 0 atom stereocenters. The molecule has 0 aliphatic carbocycles. The van der Waals surface area contributed by atoms with Crippen LogP contribution in [0.1, 0.15) is 15.9 Å². The summed E-state index contributed by atoms with van der Waals surface area (Å²) in [5.41, 5.74) is 0.800. The molecule has 0 fully saturated rings. The summed E-state index contributed by atoms with van der Waals surface area (Å²) in [4.78, 5) is 14.6. The van der Waals surface area contributed by atoms with Crippen molar-refractivity contribution in [1.82, 2.24) is 0 Å². The van der Waals surface area contributed by atoms with Crippen molar-refractivity contribution in [2.24, 2.45) is 0 Å². The maximum Gasteiger partial charge on any atom is 0.196 e. The fourth-order valence-corrected chi connectivity index (χ4v) is 3.16. The first-order valence-electron chi connectivity index (χ1n) is 7.42. The lowest BCUT2D eigenvalue weighted by molar-refractivity contribution is 0.103. The Morgan fingerprint density at radius 2 is 1.62 bits per heavy atom. The molecule has 0 radical (unpaired) electrons. The van der Waals surface area contributed by atoms with Crippen LogP contribution in [0.15, 0.2) is 82.6 Å². The second-order valence-corrected chi connectivity index (χ2v) is 6.30. The maximum atomic E-state index is 12.7. The number of aromatic hydroxyl groups is 1. The summed E-state index contributed by atoms with van der Waals surface area (Å²) < 4.78 is 5.10. The highest BCUT2D eigenvalue weighted by Gasteiger charge is 2.15. The van der Waals surface area contributed by atoms with Gasteiger partial charge in [-0.2, -0.15) is 0 Å². The van der Waals surface area contributed by atoms with Gasteiger partial charge in [0.2, 0.25) is 0 Å². The Morgan fingerprint density at radius 3 is 2.29 bits per heavy atom. The van der Waals surface area contributed by atoms with Gasteiger partial charge in [-0.15, -0.1) is 0 Å². The van der Waals surface area contributed by atoms with Crippen LogP contribution in [0.2, 0.25) is 0 Å². The molecule has 3 aromatic rings. The van der Waals surface area contributed by atoms with E-state index in [1.54, 1.807) is 61.3 Å². The quantitative estimate of drug-likeness (QED) is 0.681. The summed E-state index contributed by atoms with van der Waals surface area (Å²) in [6.45, 7) is 0. The van der Waals surface area contributed by atoms with Crippen molar-refractivity contribution >= 4 is 17.5 Å². The van der Waals surface area contributed by atoms with Crippen molar-refractivity contribution in [2.45, 2.75) is 9.79 Å². The van der Waals surface area contributed by atoms with Crippen molar-refractivity contribution in [3.8, 4) is 11.5 Å². The van der Waals surface area contributed by atoms with Crippen LogP contribution in [-0.4, -0.2) is 18.0 Å². The highest BCUT2D eigenvalue weighted by Crippen LogP contribution is 2.32. The lowest BCUT2D eigenvalue weighted by atomic mass is 10.0. The Hall–Kier alpha value is -2.72. The van der Waals surface area contributed by atoms with Crippen molar-refractivity contribution in [1.29, 1.82) is 0 Å². The molecule has 0 heterocycles. The molecule has 0 aliphatic heterocycles. The van der Waals surface area contributed by atoms with Gasteiger partial charge in [0.1, 0.15) is 11.5 Å². The van der Waals surface area contributed by atoms with Crippen LogP contribution in [0.5, 0.6) is 11.5 Å². The molecule has 0 aromatic heterocycles. The average Bonchev–Trinajstić information content (AvgIpc) is 2.64. The highest BCUT2D eigenvalue weighted by molar-refractivity contribution is 7.99. The monoisotopic (exact) mass is 336 g/mol. The zero-order valence-electron chi connectivity index (χ0n) is 13.1. The second-order valence-electron chi connectivity index (χ2n) is 5.15. The molecule has 120 valence electrons. The maximum absolute atomic E-state index is 12.7. The molecule has 0 spiro atoms. The molecule has 0 bridgehead atoms. The number of hydrogen-bond acceptors (Lipinski definition) is 4. The van der Waals surface area contributed by atoms with Crippen LogP contribution in [0.3, 0.4) is 0 Å². The minimum atomic E-state index is -0.217. The SMILES string of the molecule is COc1ccc(C(=O)c2cc(Sc3ccccc3)ccc2O)cc1. The number of benzene rings is 3. The number of ether oxygens (including phenoxy) is 1. The predicted octanol–water partition coefficient (Wildman–Crippen LogP) is 4.78. The predicted molar refractivity (Wildman–Crippen MR) is 95.1 cm³/mol. The molecule has 0 aliphatic rings. The standard InChI is InChI=1S/C20H16O3S/c1-23-15-9-7-14(8-10-15)20(22)18-13-17(11-12-19(18)21)24-16-5-3-2-4-6-16/h2-13,21H,1H3. The zero-order valence-corrected chi connectivity index (χ0v) is 13.9. The smallest absolute Gasteiger partial charge is 0.196 e. The highest BCUT2D eigenvalue weighted by atomic mass is 32.2. The first-order chi connectivity index (χ1) is 11.7. The van der Waals surface area contributed by atoms with E-state index in [0.717, 1.165) is 9.79 Å². The van der Waals surface area contributed by atoms with Gasteiger partial charge in [0.15, 0.2) is 5.78 Å². The minimum absolute atomic E-state index is 0.0202. The number of phenolic OH excluding ortho intramolecular Hbond substituents is 1. The molecular weight excluding hydrogens is 320 g/mol. The van der Waals surface area contributed by atoms with E-state index >= 15 is 0 Å². The molecule has 3 nitrogen and oxygen atoms in total. The summed E-state index contributed by atoms with van der Waals surface area (Å²) >= 11 is 1.55. The fourth-order valence-electron chi connectivity index (χ4n) is 2.28. The van der Waals surface area contributed by atoms with Gasteiger partial charge in [0.05, 0.1) is 12.7 Å². The van der Waals surface area contributed by atoms with Gasteiger partial charge in [-0.3, -0.25) is 4.79 Å². The van der Waals surface area contributed by atoms with Gasteiger partial charge in [0.25, 0.3) is 0 Å². The third-order valence-electron chi connectivity index (χ3n) is 3.54. The number of methoxy groups -OCH3 is 1. The Kier molecular flexibility index (Phi) is 4.87. The van der Waals surface area contributed by atoms with E-state index in [4.69, 9.17) is 4.74 Å². The van der Waals surface area contributed by atoms with Crippen molar-refractivity contribution < 1.29 is 14.6 Å². The third-order valence-corrected chi connectivity index (χ3v) is 4.54. The van der Waals surface area contributed by atoms with Crippen LogP contribution >= 0.6 is 11.8 Å². The molecule has 3 rings (SSSR count). The van der Waals surface area contributed by atoms with Crippen LogP contribution < -0.4 is 4.74 Å². The molecule has 0 unspecified atom stereocenters. The van der Waals surface area contributed by atoms with Crippen molar-refractivity contribution in [2.75, 3.05) is 7.11 Å². The summed E-state index contributed by atoms with van der Waals surface area (Å²) in [7, 11) is 1.58. The second kappa shape index (κ2) is 7.23. The molecule has 1 N–H and O–H groups in total. The van der Waals surface area contributed by atoms with Crippen LogP contribution in [0.25, 0.3) is 0 Å². The Morgan fingerprint density at radius 1 is 0.917 bits per heavy atom.